The van der Waals surface area contributed by atoms with Gasteiger partial charge in [0.15, 0.2) is 0 Å². The number of carbonyl (C=O) groups excluding carboxylic acids is 1. The SMILES string of the molecule is CC(=O)OC1CC(OCc2ccccc2)CO1. The molecule has 0 radical (unpaired) electrons. The minimum absolute atomic E-state index is 0.000411. The number of hydrogen-bond donors (Lipinski definition) is 0. The van der Waals surface area contributed by atoms with Crippen LogP contribution in [0.3, 0.4) is 0 Å². The van der Waals surface area contributed by atoms with E-state index in [2.05, 4.69) is 0 Å². The van der Waals surface area contributed by atoms with E-state index in [-0.39, 0.29) is 12.1 Å². The van der Waals surface area contributed by atoms with Crippen molar-refractivity contribution in [2.24, 2.45) is 0 Å². The molecule has 1 aliphatic rings. The number of hydrogen-bond acceptors (Lipinski definition) is 4. The van der Waals surface area contributed by atoms with Crippen LogP contribution in [0.2, 0.25) is 0 Å². The first-order chi connectivity index (χ1) is 8.24. The number of carbonyl (C=O) groups is 1. The maximum absolute atomic E-state index is 10.7. The predicted molar refractivity (Wildman–Crippen MR) is 61.1 cm³/mol. The fourth-order valence-corrected chi connectivity index (χ4v) is 1.74. The Morgan fingerprint density at radius 3 is 2.88 bits per heavy atom. The molecule has 1 aromatic rings. The van der Waals surface area contributed by atoms with Crippen LogP contribution < -0.4 is 0 Å². The fraction of sp³-hybridized carbons (Fsp3) is 0.462. The van der Waals surface area contributed by atoms with Crippen LogP contribution in [-0.4, -0.2) is 25.0 Å². The van der Waals surface area contributed by atoms with Crippen molar-refractivity contribution in [1.82, 2.24) is 0 Å². The lowest BCUT2D eigenvalue weighted by Gasteiger charge is -2.10. The third kappa shape index (κ3) is 3.84. The van der Waals surface area contributed by atoms with Crippen molar-refractivity contribution in [3.8, 4) is 0 Å². The quantitative estimate of drug-likeness (QED) is 0.749. The average molecular weight is 236 g/mol. The van der Waals surface area contributed by atoms with Gasteiger partial charge >= 0.3 is 5.97 Å². The van der Waals surface area contributed by atoms with Gasteiger partial charge in [-0.15, -0.1) is 0 Å². The molecule has 0 aromatic heterocycles. The summed E-state index contributed by atoms with van der Waals surface area (Å²) in [6.07, 6.45) is 0.153. The molecule has 2 unspecified atom stereocenters. The van der Waals surface area contributed by atoms with Crippen molar-refractivity contribution >= 4 is 5.97 Å². The highest BCUT2D eigenvalue weighted by Gasteiger charge is 2.28. The fourth-order valence-electron chi connectivity index (χ4n) is 1.74. The van der Waals surface area contributed by atoms with Crippen LogP contribution in [0.1, 0.15) is 18.9 Å². The summed E-state index contributed by atoms with van der Waals surface area (Å²) in [5.41, 5.74) is 1.13. The largest absolute Gasteiger partial charge is 0.436 e. The standard InChI is InChI=1S/C13H16O4/c1-10(14)17-13-7-12(9-16-13)15-8-11-5-3-2-4-6-11/h2-6,12-13H,7-9H2,1H3. The predicted octanol–water partition coefficient (Wildman–Crippen LogP) is 1.88. The summed E-state index contributed by atoms with van der Waals surface area (Å²) in [7, 11) is 0. The van der Waals surface area contributed by atoms with E-state index in [1.165, 1.54) is 6.92 Å². The Morgan fingerprint density at radius 2 is 2.18 bits per heavy atom. The number of benzene rings is 1. The highest BCUT2D eigenvalue weighted by Crippen LogP contribution is 2.18. The zero-order valence-electron chi connectivity index (χ0n) is 9.80. The van der Waals surface area contributed by atoms with Gasteiger partial charge in [0.05, 0.1) is 19.3 Å². The molecule has 1 aliphatic heterocycles. The summed E-state index contributed by atoms with van der Waals surface area (Å²) in [6, 6.07) is 9.95. The van der Waals surface area contributed by atoms with Gasteiger partial charge in [0, 0.05) is 13.3 Å². The van der Waals surface area contributed by atoms with Gasteiger partial charge in [-0.05, 0) is 5.56 Å². The lowest BCUT2D eigenvalue weighted by atomic mass is 10.2. The molecule has 4 heteroatoms. The second-order valence-corrected chi connectivity index (χ2v) is 4.03. The topological polar surface area (TPSA) is 44.8 Å². The molecule has 0 spiro atoms. The zero-order valence-corrected chi connectivity index (χ0v) is 9.80. The maximum Gasteiger partial charge on any atom is 0.304 e. The molecular formula is C13H16O4. The first kappa shape index (κ1) is 12.1. The Morgan fingerprint density at radius 1 is 1.41 bits per heavy atom. The van der Waals surface area contributed by atoms with E-state index in [0.717, 1.165) is 5.56 Å². The molecule has 0 bridgehead atoms. The average Bonchev–Trinajstić information content (AvgIpc) is 2.75. The Balaban J connectivity index is 1.73. The van der Waals surface area contributed by atoms with Crippen molar-refractivity contribution < 1.29 is 19.0 Å². The number of ether oxygens (including phenoxy) is 3. The highest BCUT2D eigenvalue weighted by molar-refractivity contribution is 5.66. The smallest absolute Gasteiger partial charge is 0.304 e. The van der Waals surface area contributed by atoms with E-state index in [1.54, 1.807) is 0 Å². The van der Waals surface area contributed by atoms with Crippen molar-refractivity contribution in [3.63, 3.8) is 0 Å². The van der Waals surface area contributed by atoms with Gasteiger partial charge in [-0.2, -0.15) is 0 Å². The number of rotatable bonds is 4. The first-order valence-corrected chi connectivity index (χ1v) is 5.68. The van der Waals surface area contributed by atoms with Crippen molar-refractivity contribution in [2.75, 3.05) is 6.61 Å². The summed E-state index contributed by atoms with van der Waals surface area (Å²) in [6.45, 7) is 2.41. The second-order valence-electron chi connectivity index (χ2n) is 4.03. The van der Waals surface area contributed by atoms with E-state index in [9.17, 15) is 4.79 Å². The molecule has 0 N–H and O–H groups in total. The highest BCUT2D eigenvalue weighted by atomic mass is 16.7. The van der Waals surface area contributed by atoms with Gasteiger partial charge in [-0.1, -0.05) is 30.3 Å². The van der Waals surface area contributed by atoms with Crippen LogP contribution in [0.5, 0.6) is 0 Å². The molecule has 0 aliphatic carbocycles. The van der Waals surface area contributed by atoms with E-state index < -0.39 is 6.29 Å². The van der Waals surface area contributed by atoms with Gasteiger partial charge in [0.2, 0.25) is 6.29 Å². The lowest BCUT2D eigenvalue weighted by Crippen LogP contribution is -2.16. The van der Waals surface area contributed by atoms with Crippen molar-refractivity contribution in [2.45, 2.75) is 32.3 Å². The third-order valence-corrected chi connectivity index (χ3v) is 2.55. The first-order valence-electron chi connectivity index (χ1n) is 5.68. The van der Waals surface area contributed by atoms with Crippen LogP contribution in [-0.2, 0) is 25.6 Å². The normalized spacial score (nSPS) is 23.6. The van der Waals surface area contributed by atoms with Crippen LogP contribution in [0, 0.1) is 0 Å². The molecule has 2 rings (SSSR count). The van der Waals surface area contributed by atoms with Crippen LogP contribution in [0.15, 0.2) is 30.3 Å². The zero-order chi connectivity index (χ0) is 12.1. The summed E-state index contributed by atoms with van der Waals surface area (Å²) in [5, 5.41) is 0. The molecule has 4 nitrogen and oxygen atoms in total. The van der Waals surface area contributed by atoms with Crippen LogP contribution in [0.25, 0.3) is 0 Å². The van der Waals surface area contributed by atoms with Gasteiger partial charge in [-0.3, -0.25) is 4.79 Å². The number of esters is 1. The molecule has 0 saturated carbocycles. The van der Waals surface area contributed by atoms with Crippen LogP contribution in [0.4, 0.5) is 0 Å². The maximum atomic E-state index is 10.7. The molecule has 92 valence electrons. The Bertz CT molecular complexity index is 363. The molecule has 1 aromatic carbocycles. The van der Waals surface area contributed by atoms with E-state index in [0.29, 0.717) is 19.6 Å². The lowest BCUT2D eigenvalue weighted by molar-refractivity contribution is -0.166. The van der Waals surface area contributed by atoms with Gasteiger partial charge < -0.3 is 14.2 Å². The monoisotopic (exact) mass is 236 g/mol. The molecule has 1 heterocycles. The molecule has 1 fully saturated rings. The molecule has 0 amide bonds. The Hall–Kier alpha value is -1.39. The van der Waals surface area contributed by atoms with E-state index >= 15 is 0 Å². The minimum Gasteiger partial charge on any atom is -0.436 e. The molecular weight excluding hydrogens is 220 g/mol. The molecule has 1 saturated heterocycles. The minimum atomic E-state index is -0.451. The van der Waals surface area contributed by atoms with Gasteiger partial charge in [0.25, 0.3) is 0 Å². The third-order valence-electron chi connectivity index (χ3n) is 2.55. The van der Waals surface area contributed by atoms with Crippen LogP contribution >= 0.6 is 0 Å². The summed E-state index contributed by atoms with van der Waals surface area (Å²) >= 11 is 0. The van der Waals surface area contributed by atoms with E-state index in [1.807, 2.05) is 30.3 Å². The summed E-state index contributed by atoms with van der Waals surface area (Å²) in [5.74, 6) is -0.321. The van der Waals surface area contributed by atoms with Gasteiger partial charge in [-0.25, -0.2) is 0 Å². The summed E-state index contributed by atoms with van der Waals surface area (Å²) in [4.78, 5) is 10.7. The van der Waals surface area contributed by atoms with Gasteiger partial charge in [0.1, 0.15) is 0 Å². The van der Waals surface area contributed by atoms with Crippen molar-refractivity contribution in [1.29, 1.82) is 0 Å². The summed E-state index contributed by atoms with van der Waals surface area (Å²) < 4.78 is 15.9. The Labute approximate surface area is 100 Å². The molecule has 17 heavy (non-hydrogen) atoms. The molecule has 2 atom stereocenters. The van der Waals surface area contributed by atoms with Crippen molar-refractivity contribution in [3.05, 3.63) is 35.9 Å². The second kappa shape index (κ2) is 5.80. The Kier molecular flexibility index (Phi) is 4.12. The van der Waals surface area contributed by atoms with E-state index in [4.69, 9.17) is 14.2 Å².